The molecule has 0 amide bonds. The van der Waals surface area contributed by atoms with Crippen LogP contribution in [-0.4, -0.2) is 35.3 Å². The molecule has 1 aromatic rings. The van der Waals surface area contributed by atoms with Crippen molar-refractivity contribution in [2.45, 2.75) is 37.8 Å². The summed E-state index contributed by atoms with van der Waals surface area (Å²) in [5, 5.41) is 2.07. The lowest BCUT2D eigenvalue weighted by molar-refractivity contribution is -0.137. The van der Waals surface area contributed by atoms with E-state index in [-0.39, 0.29) is 12.2 Å². The van der Waals surface area contributed by atoms with Gasteiger partial charge in [0.1, 0.15) is 0 Å². The highest BCUT2D eigenvalue weighted by Gasteiger charge is 2.33. The molecule has 0 aromatic carbocycles. The molecule has 2 aliphatic rings. The van der Waals surface area contributed by atoms with Gasteiger partial charge in [-0.15, -0.1) is 0 Å². The number of nitrogens with zero attached hydrogens (tertiary/aromatic N) is 2. The van der Waals surface area contributed by atoms with Gasteiger partial charge in [0.25, 0.3) is 0 Å². The summed E-state index contributed by atoms with van der Waals surface area (Å²) < 4.78 is 42.9. The SMILES string of the molecule is FC(F)(F)c1ccc(CNN2CC3CCC(C2)O3)nc1. The van der Waals surface area contributed by atoms with Gasteiger partial charge in [-0.1, -0.05) is 0 Å². The van der Waals surface area contributed by atoms with Crippen LogP contribution in [0, 0.1) is 0 Å². The van der Waals surface area contributed by atoms with Gasteiger partial charge in [-0.2, -0.15) is 13.2 Å². The summed E-state index contributed by atoms with van der Waals surface area (Å²) >= 11 is 0. The maximum absolute atomic E-state index is 12.4. The maximum atomic E-state index is 12.4. The van der Waals surface area contributed by atoms with Crippen LogP contribution in [0.4, 0.5) is 13.2 Å². The molecule has 2 atom stereocenters. The molecule has 0 radical (unpaired) electrons. The second kappa shape index (κ2) is 5.31. The van der Waals surface area contributed by atoms with Crippen molar-refractivity contribution >= 4 is 0 Å². The third-order valence-corrected chi connectivity index (χ3v) is 3.68. The zero-order valence-electron chi connectivity index (χ0n) is 10.9. The summed E-state index contributed by atoms with van der Waals surface area (Å²) in [5.41, 5.74) is 3.08. The first-order chi connectivity index (χ1) is 9.50. The Morgan fingerprint density at radius 2 is 1.95 bits per heavy atom. The van der Waals surface area contributed by atoms with E-state index < -0.39 is 11.7 Å². The van der Waals surface area contributed by atoms with Crippen molar-refractivity contribution in [1.82, 2.24) is 15.4 Å². The molecule has 2 bridgehead atoms. The largest absolute Gasteiger partial charge is 0.417 e. The zero-order chi connectivity index (χ0) is 14.2. The Morgan fingerprint density at radius 3 is 2.50 bits per heavy atom. The molecule has 4 nitrogen and oxygen atoms in total. The smallest absolute Gasteiger partial charge is 0.372 e. The van der Waals surface area contributed by atoms with Crippen LogP contribution in [0.5, 0.6) is 0 Å². The fourth-order valence-corrected chi connectivity index (χ4v) is 2.63. The van der Waals surface area contributed by atoms with Gasteiger partial charge in [-0.3, -0.25) is 4.98 Å². The predicted octanol–water partition coefficient (Wildman–Crippen LogP) is 1.97. The first kappa shape index (κ1) is 13.8. The van der Waals surface area contributed by atoms with Gasteiger partial charge in [0, 0.05) is 19.3 Å². The van der Waals surface area contributed by atoms with Crippen molar-refractivity contribution in [1.29, 1.82) is 0 Å². The maximum Gasteiger partial charge on any atom is 0.417 e. The summed E-state index contributed by atoms with van der Waals surface area (Å²) in [6.07, 6.45) is -0.728. The Balaban J connectivity index is 1.53. The van der Waals surface area contributed by atoms with Crippen molar-refractivity contribution in [3.05, 3.63) is 29.6 Å². The predicted molar refractivity (Wildman–Crippen MR) is 65.5 cm³/mol. The van der Waals surface area contributed by atoms with E-state index in [9.17, 15) is 13.2 Å². The van der Waals surface area contributed by atoms with E-state index in [1.54, 1.807) is 0 Å². The van der Waals surface area contributed by atoms with Crippen LogP contribution in [0.3, 0.4) is 0 Å². The van der Waals surface area contributed by atoms with Crippen molar-refractivity contribution in [2.24, 2.45) is 0 Å². The number of fused-ring (bicyclic) bond motifs is 2. The van der Waals surface area contributed by atoms with Gasteiger partial charge in [0.2, 0.25) is 0 Å². The normalized spacial score (nSPS) is 26.9. The molecule has 2 fully saturated rings. The number of rotatable bonds is 3. The lowest BCUT2D eigenvalue weighted by Crippen LogP contribution is -2.49. The van der Waals surface area contributed by atoms with Crippen molar-refractivity contribution < 1.29 is 17.9 Å². The van der Waals surface area contributed by atoms with Gasteiger partial charge in [0.15, 0.2) is 0 Å². The molecule has 0 saturated carbocycles. The summed E-state index contributed by atoms with van der Waals surface area (Å²) in [4.78, 5) is 3.84. The first-order valence-electron chi connectivity index (χ1n) is 6.67. The number of hydrogen-bond acceptors (Lipinski definition) is 4. The average molecular weight is 287 g/mol. The Bertz CT molecular complexity index is 451. The van der Waals surface area contributed by atoms with Crippen LogP contribution in [0.15, 0.2) is 18.3 Å². The van der Waals surface area contributed by atoms with Gasteiger partial charge >= 0.3 is 6.18 Å². The topological polar surface area (TPSA) is 37.4 Å². The van der Waals surface area contributed by atoms with Crippen molar-refractivity contribution in [3.8, 4) is 0 Å². The molecule has 2 unspecified atom stereocenters. The third kappa shape index (κ3) is 3.11. The van der Waals surface area contributed by atoms with E-state index in [2.05, 4.69) is 15.4 Å². The third-order valence-electron chi connectivity index (χ3n) is 3.68. The minimum absolute atomic E-state index is 0.279. The molecule has 110 valence electrons. The Labute approximate surface area is 114 Å². The number of ether oxygens (including phenoxy) is 1. The number of halogens is 3. The summed E-state index contributed by atoms with van der Waals surface area (Å²) in [6, 6.07) is 2.47. The Morgan fingerprint density at radius 1 is 1.25 bits per heavy atom. The molecule has 3 heterocycles. The summed E-state index contributed by atoms with van der Waals surface area (Å²) in [6.45, 7) is 2.06. The Kier molecular flexibility index (Phi) is 3.66. The van der Waals surface area contributed by atoms with Crippen LogP contribution in [0.25, 0.3) is 0 Å². The van der Waals surface area contributed by atoms with Crippen LogP contribution in [-0.2, 0) is 17.5 Å². The fraction of sp³-hybridized carbons (Fsp3) is 0.615. The van der Waals surface area contributed by atoms with E-state index in [0.717, 1.165) is 38.2 Å². The van der Waals surface area contributed by atoms with Crippen LogP contribution < -0.4 is 5.43 Å². The van der Waals surface area contributed by atoms with Gasteiger partial charge in [-0.25, -0.2) is 10.4 Å². The summed E-state index contributed by atoms with van der Waals surface area (Å²) in [7, 11) is 0. The van der Waals surface area contributed by atoms with E-state index in [1.165, 1.54) is 6.07 Å². The van der Waals surface area contributed by atoms with Gasteiger partial charge < -0.3 is 4.74 Å². The minimum Gasteiger partial charge on any atom is -0.372 e. The standard InChI is InChI=1S/C13H16F3N3O/c14-13(15,16)9-1-2-10(17-5-9)6-18-19-7-11-3-4-12(8-19)20-11/h1-2,5,11-12,18H,3-4,6-8H2. The number of aromatic nitrogens is 1. The van der Waals surface area contributed by atoms with Crippen LogP contribution >= 0.6 is 0 Å². The van der Waals surface area contributed by atoms with E-state index in [4.69, 9.17) is 4.74 Å². The Hall–Kier alpha value is -1.18. The van der Waals surface area contributed by atoms with Crippen LogP contribution in [0.2, 0.25) is 0 Å². The molecule has 7 heteroatoms. The highest BCUT2D eigenvalue weighted by molar-refractivity contribution is 5.16. The number of nitrogens with one attached hydrogen (secondary N) is 1. The molecule has 2 aliphatic heterocycles. The van der Waals surface area contributed by atoms with E-state index in [1.807, 2.05) is 0 Å². The van der Waals surface area contributed by atoms with Crippen molar-refractivity contribution in [2.75, 3.05) is 13.1 Å². The molecule has 1 aromatic heterocycles. The molecule has 1 N–H and O–H groups in total. The quantitative estimate of drug-likeness (QED) is 0.922. The molecular weight excluding hydrogens is 271 g/mol. The second-order valence-electron chi connectivity index (χ2n) is 5.23. The van der Waals surface area contributed by atoms with Gasteiger partial charge in [0.05, 0.1) is 30.0 Å². The van der Waals surface area contributed by atoms with Crippen LogP contribution in [0.1, 0.15) is 24.1 Å². The van der Waals surface area contributed by atoms with E-state index in [0.29, 0.717) is 12.2 Å². The molecule has 3 rings (SSSR count). The number of hydrazine groups is 1. The number of pyridine rings is 1. The minimum atomic E-state index is -4.33. The van der Waals surface area contributed by atoms with Gasteiger partial charge in [-0.05, 0) is 25.0 Å². The second-order valence-corrected chi connectivity index (χ2v) is 5.23. The molecular formula is C13H16F3N3O. The number of alkyl halides is 3. The highest BCUT2D eigenvalue weighted by atomic mass is 19.4. The molecule has 0 spiro atoms. The van der Waals surface area contributed by atoms with E-state index >= 15 is 0 Å². The highest BCUT2D eigenvalue weighted by Crippen LogP contribution is 2.28. The molecule has 0 aliphatic carbocycles. The fourth-order valence-electron chi connectivity index (χ4n) is 2.63. The number of hydrogen-bond donors (Lipinski definition) is 1. The zero-order valence-corrected chi connectivity index (χ0v) is 10.9. The first-order valence-corrected chi connectivity index (χ1v) is 6.67. The molecule has 2 saturated heterocycles. The lowest BCUT2D eigenvalue weighted by Gasteiger charge is -2.32. The monoisotopic (exact) mass is 287 g/mol. The number of morpholine rings is 1. The summed E-state index contributed by atoms with van der Waals surface area (Å²) in [5.74, 6) is 0. The van der Waals surface area contributed by atoms with Crippen molar-refractivity contribution in [3.63, 3.8) is 0 Å². The average Bonchev–Trinajstić information content (AvgIpc) is 2.75. The molecule has 20 heavy (non-hydrogen) atoms. The lowest BCUT2D eigenvalue weighted by atomic mass is 10.2.